The fourth-order valence-corrected chi connectivity index (χ4v) is 5.35. The SMILES string of the molecule is CC1NCCN(C(=N)N)C1S(=O)(=O)c1cccc2c(O)nccc12. The molecule has 2 atom stereocenters. The highest BCUT2D eigenvalue weighted by molar-refractivity contribution is 7.92. The summed E-state index contributed by atoms with van der Waals surface area (Å²) in [4.78, 5) is 5.26. The van der Waals surface area contributed by atoms with Gasteiger partial charge in [0.1, 0.15) is 0 Å². The Balaban J connectivity index is 2.20. The van der Waals surface area contributed by atoms with Crippen LogP contribution in [0, 0.1) is 5.41 Å². The van der Waals surface area contributed by atoms with Crippen LogP contribution in [-0.4, -0.2) is 53.9 Å². The maximum Gasteiger partial charge on any atom is 0.218 e. The molecule has 3 rings (SSSR count). The zero-order chi connectivity index (χ0) is 17.5. The lowest BCUT2D eigenvalue weighted by Gasteiger charge is -2.40. The average molecular weight is 349 g/mol. The molecule has 1 aromatic heterocycles. The molecule has 1 aliphatic heterocycles. The third-order valence-electron chi connectivity index (χ3n) is 4.23. The van der Waals surface area contributed by atoms with E-state index >= 15 is 0 Å². The largest absolute Gasteiger partial charge is 0.493 e. The van der Waals surface area contributed by atoms with Crippen molar-refractivity contribution in [2.45, 2.75) is 23.2 Å². The third kappa shape index (κ3) is 2.55. The standard InChI is InChI=1S/C15H19N5O3S/c1-9-14(20(15(16)17)8-7-18-9)24(22,23)12-4-2-3-11-10(12)5-6-19-13(11)21/h2-6,9,14,18H,7-8H2,1H3,(H3,16,17)(H,19,21). The Bertz CT molecular complexity index is 899. The minimum absolute atomic E-state index is 0.0875. The van der Waals surface area contributed by atoms with Gasteiger partial charge in [0.05, 0.1) is 4.90 Å². The third-order valence-corrected chi connectivity index (χ3v) is 6.50. The molecule has 0 bridgehead atoms. The Morgan fingerprint density at radius 1 is 1.42 bits per heavy atom. The first kappa shape index (κ1) is 16.5. The van der Waals surface area contributed by atoms with Gasteiger partial charge in [0, 0.05) is 36.1 Å². The molecular weight excluding hydrogens is 330 g/mol. The minimum atomic E-state index is -3.85. The minimum Gasteiger partial charge on any atom is -0.493 e. The van der Waals surface area contributed by atoms with Crippen LogP contribution in [0.1, 0.15) is 6.92 Å². The van der Waals surface area contributed by atoms with Crippen LogP contribution in [0.25, 0.3) is 10.8 Å². The Hall–Kier alpha value is -2.39. The van der Waals surface area contributed by atoms with E-state index < -0.39 is 21.3 Å². The molecule has 128 valence electrons. The molecule has 0 spiro atoms. The topological polar surface area (TPSA) is 132 Å². The summed E-state index contributed by atoms with van der Waals surface area (Å²) >= 11 is 0. The molecule has 0 amide bonds. The number of hydrogen-bond acceptors (Lipinski definition) is 6. The predicted molar refractivity (Wildman–Crippen MR) is 90.5 cm³/mol. The van der Waals surface area contributed by atoms with E-state index in [0.29, 0.717) is 23.9 Å². The van der Waals surface area contributed by atoms with Gasteiger partial charge in [0.15, 0.2) is 11.3 Å². The molecule has 2 unspecified atom stereocenters. The number of rotatable bonds is 2. The van der Waals surface area contributed by atoms with Crippen LogP contribution in [0.15, 0.2) is 35.4 Å². The molecule has 1 aromatic carbocycles. The fourth-order valence-electron chi connectivity index (χ4n) is 3.15. The van der Waals surface area contributed by atoms with Gasteiger partial charge in [-0.3, -0.25) is 5.41 Å². The van der Waals surface area contributed by atoms with E-state index in [1.165, 1.54) is 17.2 Å². The van der Waals surface area contributed by atoms with Crippen molar-refractivity contribution in [1.82, 2.24) is 15.2 Å². The van der Waals surface area contributed by atoms with E-state index in [4.69, 9.17) is 11.1 Å². The zero-order valence-corrected chi connectivity index (χ0v) is 13.9. The lowest BCUT2D eigenvalue weighted by Crippen LogP contribution is -2.62. The number of piperazine rings is 1. The highest BCUT2D eigenvalue weighted by atomic mass is 32.2. The van der Waals surface area contributed by atoms with Crippen molar-refractivity contribution >= 4 is 26.6 Å². The normalized spacial score (nSPS) is 21.8. The van der Waals surface area contributed by atoms with Crippen LogP contribution in [0.3, 0.4) is 0 Å². The Labute approximate surface area is 139 Å². The number of hydrogen-bond donors (Lipinski definition) is 4. The van der Waals surface area contributed by atoms with Crippen molar-refractivity contribution in [2.75, 3.05) is 13.1 Å². The van der Waals surface area contributed by atoms with Crippen molar-refractivity contribution in [2.24, 2.45) is 5.73 Å². The first-order valence-corrected chi connectivity index (χ1v) is 9.03. The molecule has 24 heavy (non-hydrogen) atoms. The molecular formula is C15H19N5O3S. The van der Waals surface area contributed by atoms with Crippen LogP contribution < -0.4 is 11.1 Å². The van der Waals surface area contributed by atoms with Crippen molar-refractivity contribution in [1.29, 1.82) is 5.41 Å². The van der Waals surface area contributed by atoms with Crippen molar-refractivity contribution in [3.05, 3.63) is 30.5 Å². The fraction of sp³-hybridized carbons (Fsp3) is 0.333. The molecule has 2 heterocycles. The van der Waals surface area contributed by atoms with Crippen molar-refractivity contribution in [3.8, 4) is 5.88 Å². The van der Waals surface area contributed by atoms with E-state index in [9.17, 15) is 13.5 Å². The number of aromatic nitrogens is 1. The molecule has 8 nitrogen and oxygen atoms in total. The van der Waals surface area contributed by atoms with Crippen LogP contribution in [0.2, 0.25) is 0 Å². The van der Waals surface area contributed by atoms with Gasteiger partial charge in [-0.15, -0.1) is 0 Å². The van der Waals surface area contributed by atoms with Gasteiger partial charge < -0.3 is 21.1 Å². The number of benzene rings is 1. The van der Waals surface area contributed by atoms with Gasteiger partial charge >= 0.3 is 0 Å². The second kappa shape index (κ2) is 5.91. The highest BCUT2D eigenvalue weighted by Gasteiger charge is 2.41. The summed E-state index contributed by atoms with van der Waals surface area (Å²) in [5.41, 5.74) is 5.60. The first-order chi connectivity index (χ1) is 11.3. The van der Waals surface area contributed by atoms with Crippen LogP contribution in [0.4, 0.5) is 0 Å². The van der Waals surface area contributed by atoms with Crippen molar-refractivity contribution in [3.63, 3.8) is 0 Å². The van der Waals surface area contributed by atoms with E-state index in [1.54, 1.807) is 25.1 Å². The van der Waals surface area contributed by atoms with Crippen LogP contribution in [-0.2, 0) is 9.84 Å². The van der Waals surface area contributed by atoms with E-state index in [1.807, 2.05) is 0 Å². The summed E-state index contributed by atoms with van der Waals surface area (Å²) in [6.07, 6.45) is 1.36. The molecule has 5 N–H and O–H groups in total. The Morgan fingerprint density at radius 2 is 2.17 bits per heavy atom. The number of nitrogens with two attached hydrogens (primary N) is 1. The average Bonchev–Trinajstić information content (AvgIpc) is 2.54. The molecule has 1 aliphatic rings. The molecule has 0 radical (unpaired) electrons. The lowest BCUT2D eigenvalue weighted by atomic mass is 10.2. The summed E-state index contributed by atoms with van der Waals surface area (Å²) in [6.45, 7) is 2.63. The molecule has 1 fully saturated rings. The highest BCUT2D eigenvalue weighted by Crippen LogP contribution is 2.31. The van der Waals surface area contributed by atoms with Crippen LogP contribution in [0.5, 0.6) is 5.88 Å². The summed E-state index contributed by atoms with van der Waals surface area (Å²) in [6, 6.07) is 5.83. The number of sulfone groups is 1. The first-order valence-electron chi connectivity index (χ1n) is 7.48. The summed E-state index contributed by atoms with van der Waals surface area (Å²) < 4.78 is 26.6. The van der Waals surface area contributed by atoms with Gasteiger partial charge in [0.25, 0.3) is 0 Å². The predicted octanol–water partition coefficient (Wildman–Crippen LogP) is 0.227. The maximum atomic E-state index is 13.3. The van der Waals surface area contributed by atoms with Crippen LogP contribution >= 0.6 is 0 Å². The second-order valence-corrected chi connectivity index (χ2v) is 7.76. The maximum absolute atomic E-state index is 13.3. The molecule has 0 saturated carbocycles. The van der Waals surface area contributed by atoms with E-state index in [0.717, 1.165) is 0 Å². The number of nitrogens with zero attached hydrogens (tertiary/aromatic N) is 2. The summed E-state index contributed by atoms with van der Waals surface area (Å²) in [7, 11) is -3.85. The summed E-state index contributed by atoms with van der Waals surface area (Å²) in [5, 5.41) is 20.5. The monoisotopic (exact) mass is 349 g/mol. The zero-order valence-electron chi connectivity index (χ0n) is 13.1. The number of nitrogens with one attached hydrogen (secondary N) is 2. The van der Waals surface area contributed by atoms with E-state index in [-0.39, 0.29) is 16.7 Å². The quantitative estimate of drug-likeness (QED) is 0.450. The van der Waals surface area contributed by atoms with Gasteiger partial charge in [-0.05, 0) is 25.1 Å². The van der Waals surface area contributed by atoms with E-state index in [2.05, 4.69) is 10.3 Å². The number of pyridine rings is 1. The Kier molecular flexibility index (Phi) is 4.06. The summed E-state index contributed by atoms with van der Waals surface area (Å²) in [5.74, 6) is -0.496. The molecule has 0 aliphatic carbocycles. The molecule has 2 aromatic rings. The number of aromatic hydroxyl groups is 1. The lowest BCUT2D eigenvalue weighted by molar-refractivity contribution is 0.262. The smallest absolute Gasteiger partial charge is 0.218 e. The molecule has 1 saturated heterocycles. The number of guanidine groups is 1. The van der Waals surface area contributed by atoms with Gasteiger partial charge in [-0.2, -0.15) is 0 Å². The molecule has 9 heteroatoms. The van der Waals surface area contributed by atoms with Gasteiger partial charge in [-0.1, -0.05) is 6.07 Å². The Morgan fingerprint density at radius 3 is 2.88 bits per heavy atom. The number of fused-ring (bicyclic) bond motifs is 1. The van der Waals surface area contributed by atoms with Gasteiger partial charge in [-0.25, -0.2) is 13.4 Å². The van der Waals surface area contributed by atoms with Gasteiger partial charge in [0.2, 0.25) is 15.7 Å². The van der Waals surface area contributed by atoms with Crippen molar-refractivity contribution < 1.29 is 13.5 Å². The second-order valence-electron chi connectivity index (χ2n) is 5.74.